The van der Waals surface area contributed by atoms with Crippen molar-refractivity contribution in [1.82, 2.24) is 20.1 Å². The number of benzene rings is 2. The number of carbonyl (C=O) groups is 2. The Morgan fingerprint density at radius 2 is 1.95 bits per heavy atom. The number of fused-ring (bicyclic) bond motifs is 1. The highest BCUT2D eigenvalue weighted by atomic mass is 35.5. The summed E-state index contributed by atoms with van der Waals surface area (Å²) in [6.07, 6.45) is 0.294. The fourth-order valence-corrected chi connectivity index (χ4v) is 4.60. The largest absolute Gasteiger partial charge is 0.450 e. The Morgan fingerprint density at radius 1 is 1.16 bits per heavy atom. The van der Waals surface area contributed by atoms with E-state index in [0.29, 0.717) is 42.3 Å². The Bertz CT molecular complexity index is 1290. The summed E-state index contributed by atoms with van der Waals surface area (Å²) < 4.78 is 5.09. The summed E-state index contributed by atoms with van der Waals surface area (Å²) in [7, 11) is 3.99. The van der Waals surface area contributed by atoms with Crippen LogP contribution in [0.1, 0.15) is 30.6 Å². The first-order valence-corrected chi connectivity index (χ1v) is 13.5. The minimum absolute atomic E-state index is 0.109. The first kappa shape index (κ1) is 27.7. The lowest BCUT2D eigenvalue weighted by Crippen LogP contribution is -2.43. The second kappa shape index (κ2) is 12.5. The normalized spacial score (nSPS) is 13.7. The van der Waals surface area contributed by atoms with Crippen molar-refractivity contribution < 1.29 is 14.3 Å². The zero-order chi connectivity index (χ0) is 27.2. The summed E-state index contributed by atoms with van der Waals surface area (Å²) in [5, 5.41) is 4.12. The van der Waals surface area contributed by atoms with Gasteiger partial charge in [-0.3, -0.25) is 9.69 Å². The molecule has 0 unspecified atom stereocenters. The topological polar surface area (TPSA) is 77.8 Å². The standard InChI is InChI=1S/C29H36ClN5O3/c1-5-15-38-29(37)31-11-12-35(19-20(2)34-13-14-34)28(36)22-9-10-24-25(30)18-26(32-27(24)17-22)21-7-6-8-23(16-21)33(3)4/h6-10,16-18,20H,5,11-15,19H2,1-4H3,(H,31,37)/t20-/m1/s1. The third kappa shape index (κ3) is 6.94. The lowest BCUT2D eigenvalue weighted by atomic mass is 10.1. The van der Waals surface area contributed by atoms with Gasteiger partial charge in [-0.25, -0.2) is 9.78 Å². The van der Waals surface area contributed by atoms with Gasteiger partial charge < -0.3 is 19.9 Å². The van der Waals surface area contributed by atoms with Crippen LogP contribution >= 0.6 is 11.6 Å². The monoisotopic (exact) mass is 537 g/mol. The van der Waals surface area contributed by atoms with Gasteiger partial charge in [0.05, 0.1) is 22.8 Å². The van der Waals surface area contributed by atoms with E-state index < -0.39 is 6.09 Å². The van der Waals surface area contributed by atoms with Gasteiger partial charge in [0.1, 0.15) is 0 Å². The average molecular weight is 538 g/mol. The number of rotatable bonds is 11. The number of nitrogens with zero attached hydrogens (tertiary/aromatic N) is 4. The molecule has 38 heavy (non-hydrogen) atoms. The van der Waals surface area contributed by atoms with E-state index in [0.717, 1.165) is 41.8 Å². The van der Waals surface area contributed by atoms with Crippen LogP contribution in [0.3, 0.4) is 0 Å². The van der Waals surface area contributed by atoms with E-state index in [9.17, 15) is 9.59 Å². The van der Waals surface area contributed by atoms with Crippen molar-refractivity contribution >= 4 is 40.2 Å². The van der Waals surface area contributed by atoms with Crippen molar-refractivity contribution in [2.75, 3.05) is 58.3 Å². The zero-order valence-corrected chi connectivity index (χ0v) is 23.3. The quantitative estimate of drug-likeness (QED) is 0.350. The molecular weight excluding hydrogens is 502 g/mol. The number of carbonyl (C=O) groups excluding carboxylic acids is 2. The summed E-state index contributed by atoms with van der Waals surface area (Å²) in [6.45, 7) is 7.77. The van der Waals surface area contributed by atoms with Crippen LogP contribution in [0.4, 0.5) is 10.5 Å². The van der Waals surface area contributed by atoms with Crippen LogP contribution in [-0.4, -0.2) is 86.3 Å². The molecule has 1 saturated heterocycles. The molecule has 0 bridgehead atoms. The van der Waals surface area contributed by atoms with Crippen LogP contribution in [0.15, 0.2) is 48.5 Å². The molecule has 1 atom stereocenters. The highest BCUT2D eigenvalue weighted by molar-refractivity contribution is 6.35. The van der Waals surface area contributed by atoms with Crippen molar-refractivity contribution in [1.29, 1.82) is 0 Å². The smallest absolute Gasteiger partial charge is 0.407 e. The number of anilines is 1. The molecule has 1 aliphatic heterocycles. The fraction of sp³-hybridized carbons (Fsp3) is 0.414. The zero-order valence-electron chi connectivity index (χ0n) is 22.5. The van der Waals surface area contributed by atoms with E-state index in [1.807, 2.05) is 56.3 Å². The maximum atomic E-state index is 13.7. The lowest BCUT2D eigenvalue weighted by Gasteiger charge is -2.27. The average Bonchev–Trinajstić information content (AvgIpc) is 3.76. The molecule has 0 radical (unpaired) electrons. The summed E-state index contributed by atoms with van der Waals surface area (Å²) >= 11 is 6.65. The number of pyridine rings is 1. The second-order valence-corrected chi connectivity index (χ2v) is 10.3. The summed E-state index contributed by atoms with van der Waals surface area (Å²) in [5.74, 6) is -0.109. The molecule has 202 valence electrons. The van der Waals surface area contributed by atoms with Gasteiger partial charge in [0.25, 0.3) is 5.91 Å². The molecule has 2 heterocycles. The Morgan fingerprint density at radius 3 is 2.66 bits per heavy atom. The van der Waals surface area contributed by atoms with Gasteiger partial charge in [-0.1, -0.05) is 36.7 Å². The third-order valence-corrected chi connectivity index (χ3v) is 6.94. The van der Waals surface area contributed by atoms with Crippen molar-refractivity contribution in [3.63, 3.8) is 0 Å². The summed E-state index contributed by atoms with van der Waals surface area (Å²) in [6, 6.07) is 15.6. The van der Waals surface area contributed by atoms with Gasteiger partial charge in [0.2, 0.25) is 0 Å². The van der Waals surface area contributed by atoms with Crippen LogP contribution in [0.25, 0.3) is 22.2 Å². The molecule has 8 nitrogen and oxygen atoms in total. The van der Waals surface area contributed by atoms with Crippen LogP contribution < -0.4 is 10.2 Å². The summed E-state index contributed by atoms with van der Waals surface area (Å²) in [5.41, 5.74) is 3.96. The van der Waals surface area contributed by atoms with Crippen molar-refractivity contribution in [3.8, 4) is 11.3 Å². The van der Waals surface area contributed by atoms with Gasteiger partial charge in [-0.2, -0.15) is 0 Å². The number of amides is 2. The first-order chi connectivity index (χ1) is 18.3. The number of halogens is 1. The Labute approximate surface area is 229 Å². The van der Waals surface area contributed by atoms with E-state index in [2.05, 4.69) is 23.2 Å². The number of nitrogens with one attached hydrogen (secondary N) is 1. The number of ether oxygens (including phenoxy) is 1. The molecule has 1 aromatic heterocycles. The van der Waals surface area contributed by atoms with Crippen LogP contribution in [0.2, 0.25) is 5.02 Å². The number of alkyl carbamates (subject to hydrolysis) is 1. The molecule has 0 saturated carbocycles. The van der Waals surface area contributed by atoms with Gasteiger partial charge in [0.15, 0.2) is 0 Å². The van der Waals surface area contributed by atoms with E-state index in [-0.39, 0.29) is 11.9 Å². The van der Waals surface area contributed by atoms with Crippen LogP contribution in [-0.2, 0) is 4.74 Å². The molecule has 1 aliphatic rings. The molecule has 4 rings (SSSR count). The second-order valence-electron chi connectivity index (χ2n) is 9.86. The predicted molar refractivity (Wildman–Crippen MR) is 153 cm³/mol. The maximum Gasteiger partial charge on any atom is 0.407 e. The molecule has 9 heteroatoms. The van der Waals surface area contributed by atoms with Gasteiger partial charge in [-0.15, -0.1) is 0 Å². The molecule has 0 aliphatic carbocycles. The molecular formula is C29H36ClN5O3. The number of hydrogen-bond donors (Lipinski definition) is 1. The van der Waals surface area contributed by atoms with Crippen LogP contribution in [0.5, 0.6) is 0 Å². The fourth-order valence-electron chi connectivity index (χ4n) is 4.34. The third-order valence-electron chi connectivity index (χ3n) is 6.63. The van der Waals surface area contributed by atoms with Crippen LogP contribution in [0, 0.1) is 0 Å². The molecule has 2 aromatic carbocycles. The predicted octanol–water partition coefficient (Wildman–Crippen LogP) is 4.90. The number of aromatic nitrogens is 1. The molecule has 1 fully saturated rings. The molecule has 1 N–H and O–H groups in total. The van der Waals surface area contributed by atoms with E-state index in [1.165, 1.54) is 0 Å². The Balaban J connectivity index is 1.58. The van der Waals surface area contributed by atoms with Gasteiger partial charge >= 0.3 is 6.09 Å². The molecule has 2 amide bonds. The Hall–Kier alpha value is -3.36. The van der Waals surface area contributed by atoms with E-state index in [1.54, 1.807) is 17.0 Å². The molecule has 0 spiro atoms. The highest BCUT2D eigenvalue weighted by Crippen LogP contribution is 2.30. The molecule has 3 aromatic rings. The van der Waals surface area contributed by atoms with Crippen molar-refractivity contribution in [2.24, 2.45) is 0 Å². The maximum absolute atomic E-state index is 13.7. The van der Waals surface area contributed by atoms with Gasteiger partial charge in [0, 0.05) is 75.1 Å². The highest BCUT2D eigenvalue weighted by Gasteiger charge is 2.27. The minimum Gasteiger partial charge on any atom is -0.450 e. The van der Waals surface area contributed by atoms with Crippen molar-refractivity contribution in [2.45, 2.75) is 26.3 Å². The van der Waals surface area contributed by atoms with E-state index >= 15 is 0 Å². The first-order valence-electron chi connectivity index (χ1n) is 13.1. The van der Waals surface area contributed by atoms with Gasteiger partial charge in [-0.05, 0) is 43.7 Å². The summed E-state index contributed by atoms with van der Waals surface area (Å²) in [4.78, 5) is 36.5. The number of hydrogen-bond acceptors (Lipinski definition) is 6. The SMILES string of the molecule is CCCOC(=O)NCCN(C[C@@H](C)N1CC1)C(=O)c1ccc2c(Cl)cc(-c3cccc(N(C)C)c3)nc2c1. The Kier molecular flexibility index (Phi) is 9.07. The minimum atomic E-state index is -0.464. The van der Waals surface area contributed by atoms with Crippen molar-refractivity contribution in [3.05, 3.63) is 59.1 Å². The lowest BCUT2D eigenvalue weighted by molar-refractivity contribution is 0.0727. The van der Waals surface area contributed by atoms with E-state index in [4.69, 9.17) is 21.3 Å².